The molecule has 0 saturated carbocycles. The summed E-state index contributed by atoms with van der Waals surface area (Å²) in [5.41, 5.74) is 3.05. The van der Waals surface area contributed by atoms with E-state index in [2.05, 4.69) is 16.8 Å². The third kappa shape index (κ3) is 5.35. The summed E-state index contributed by atoms with van der Waals surface area (Å²) in [5, 5.41) is 8.24. The minimum atomic E-state index is -4.46. The molecular weight excluding hydrogens is 365 g/mol. The zero-order chi connectivity index (χ0) is 19.3. The van der Waals surface area contributed by atoms with Gasteiger partial charge in [0.05, 0.1) is 5.75 Å². The molecule has 1 amide bonds. The van der Waals surface area contributed by atoms with Crippen LogP contribution in [0.3, 0.4) is 0 Å². The van der Waals surface area contributed by atoms with Crippen LogP contribution in [0.2, 0.25) is 0 Å². The predicted octanol–water partition coefficient (Wildman–Crippen LogP) is 3.55. The molecule has 0 aliphatic rings. The summed E-state index contributed by atoms with van der Waals surface area (Å²) in [6.07, 6.45) is -1.68. The van der Waals surface area contributed by atoms with Gasteiger partial charge >= 0.3 is 6.18 Å². The molecule has 9 heteroatoms. The normalized spacial score (nSPS) is 11.4. The molecule has 5 nitrogen and oxygen atoms in total. The topological polar surface area (TPSA) is 51.0 Å². The van der Waals surface area contributed by atoms with Crippen molar-refractivity contribution >= 4 is 17.7 Å². The van der Waals surface area contributed by atoms with Crippen molar-refractivity contribution < 1.29 is 18.0 Å². The average Bonchev–Trinajstić information content (AvgIpc) is 3.02. The highest BCUT2D eigenvalue weighted by molar-refractivity contribution is 7.99. The average molecular weight is 384 g/mol. The highest BCUT2D eigenvalue weighted by Crippen LogP contribution is 2.23. The van der Waals surface area contributed by atoms with Crippen LogP contribution in [0.4, 0.5) is 13.2 Å². The van der Waals surface area contributed by atoms with E-state index in [9.17, 15) is 18.0 Å². The van der Waals surface area contributed by atoms with Crippen molar-refractivity contribution in [2.24, 2.45) is 0 Å². The van der Waals surface area contributed by atoms with Crippen molar-refractivity contribution in [1.82, 2.24) is 19.7 Å². The van der Waals surface area contributed by atoms with Gasteiger partial charge in [-0.25, -0.2) is 0 Å². The minimum absolute atomic E-state index is 0.164. The molecule has 1 heterocycles. The molecule has 2 rings (SSSR count). The van der Waals surface area contributed by atoms with Gasteiger partial charge in [-0.15, -0.1) is 16.8 Å². The molecule has 26 heavy (non-hydrogen) atoms. The molecule has 1 aromatic carbocycles. The van der Waals surface area contributed by atoms with E-state index < -0.39 is 18.6 Å². The van der Waals surface area contributed by atoms with Crippen molar-refractivity contribution in [2.75, 3.05) is 18.8 Å². The Balaban J connectivity index is 2.10. The lowest BCUT2D eigenvalue weighted by Gasteiger charge is -2.22. The van der Waals surface area contributed by atoms with Crippen LogP contribution in [0.15, 0.2) is 42.3 Å². The quantitative estimate of drug-likeness (QED) is 0.541. The summed E-state index contributed by atoms with van der Waals surface area (Å²) in [6.45, 7) is 5.90. The number of thioether (sulfide) groups is 1. The molecule has 1 aromatic heterocycles. The third-order valence-corrected chi connectivity index (χ3v) is 4.61. The van der Waals surface area contributed by atoms with Crippen LogP contribution in [-0.2, 0) is 4.79 Å². The monoisotopic (exact) mass is 384 g/mol. The number of hydrogen-bond donors (Lipinski definition) is 0. The first-order valence-corrected chi connectivity index (χ1v) is 8.75. The molecule has 0 aliphatic heterocycles. The van der Waals surface area contributed by atoms with Gasteiger partial charge in [0.1, 0.15) is 12.9 Å². The van der Waals surface area contributed by atoms with E-state index in [0.717, 1.165) is 33.5 Å². The number of aryl methyl sites for hydroxylation is 2. The summed E-state index contributed by atoms with van der Waals surface area (Å²) in [4.78, 5) is 12.9. The smallest absolute Gasteiger partial charge is 0.329 e. The Morgan fingerprint density at radius 2 is 2.08 bits per heavy atom. The first kappa shape index (κ1) is 20.0. The number of amides is 1. The van der Waals surface area contributed by atoms with Gasteiger partial charge in [-0.3, -0.25) is 9.36 Å². The lowest BCUT2D eigenvalue weighted by atomic mass is 10.1. The van der Waals surface area contributed by atoms with E-state index in [1.807, 2.05) is 32.0 Å². The Morgan fingerprint density at radius 1 is 1.35 bits per heavy atom. The van der Waals surface area contributed by atoms with Crippen molar-refractivity contribution in [3.63, 3.8) is 0 Å². The molecule has 0 saturated heterocycles. The Hall–Kier alpha value is -2.29. The number of halogens is 3. The zero-order valence-electron chi connectivity index (χ0n) is 14.5. The number of carbonyl (C=O) groups is 1. The van der Waals surface area contributed by atoms with Gasteiger partial charge in [-0.1, -0.05) is 23.9 Å². The van der Waals surface area contributed by atoms with E-state index in [1.165, 1.54) is 12.4 Å². The number of nitrogens with zero attached hydrogens (tertiary/aromatic N) is 4. The Labute approximate surface area is 153 Å². The van der Waals surface area contributed by atoms with E-state index in [4.69, 9.17) is 0 Å². The van der Waals surface area contributed by atoms with Gasteiger partial charge in [-0.2, -0.15) is 13.2 Å². The fraction of sp³-hybridized carbons (Fsp3) is 0.353. The minimum Gasteiger partial charge on any atom is -0.329 e. The molecular formula is C17H19F3N4OS. The summed E-state index contributed by atoms with van der Waals surface area (Å²) < 4.78 is 39.5. The molecule has 0 N–H and O–H groups in total. The second-order valence-corrected chi connectivity index (χ2v) is 6.66. The summed E-state index contributed by atoms with van der Waals surface area (Å²) in [7, 11) is 0. The number of benzene rings is 1. The van der Waals surface area contributed by atoms with Crippen LogP contribution >= 0.6 is 11.8 Å². The second-order valence-electron chi connectivity index (χ2n) is 5.72. The van der Waals surface area contributed by atoms with Crippen LogP contribution in [0.1, 0.15) is 11.1 Å². The Kier molecular flexibility index (Phi) is 6.47. The van der Waals surface area contributed by atoms with Crippen molar-refractivity contribution in [3.05, 3.63) is 48.3 Å². The number of aromatic nitrogens is 3. The maximum Gasteiger partial charge on any atom is 0.406 e. The number of carbonyl (C=O) groups excluding carboxylic acids is 1. The lowest BCUT2D eigenvalue weighted by Crippen LogP contribution is -2.40. The second kappa shape index (κ2) is 8.39. The lowest BCUT2D eigenvalue weighted by molar-refractivity contribution is -0.158. The molecule has 0 spiro atoms. The van der Waals surface area contributed by atoms with Gasteiger partial charge in [0.2, 0.25) is 5.91 Å². The van der Waals surface area contributed by atoms with Crippen LogP contribution in [0.25, 0.3) is 5.69 Å². The SMILES string of the molecule is C=CCN(CC(F)(F)F)C(=O)CSc1nncn1-c1ccc(C)c(C)c1. The van der Waals surface area contributed by atoms with Gasteiger partial charge in [-0.05, 0) is 37.1 Å². The fourth-order valence-corrected chi connectivity index (χ4v) is 3.05. The van der Waals surface area contributed by atoms with E-state index in [-0.39, 0.29) is 12.3 Å². The van der Waals surface area contributed by atoms with Crippen LogP contribution in [0.5, 0.6) is 0 Å². The van der Waals surface area contributed by atoms with Gasteiger partial charge in [0.25, 0.3) is 0 Å². The van der Waals surface area contributed by atoms with E-state index >= 15 is 0 Å². The summed E-state index contributed by atoms with van der Waals surface area (Å²) >= 11 is 1.04. The van der Waals surface area contributed by atoms with Gasteiger partial charge in [0.15, 0.2) is 5.16 Å². The molecule has 0 atom stereocenters. The van der Waals surface area contributed by atoms with E-state index in [1.54, 1.807) is 4.57 Å². The van der Waals surface area contributed by atoms with Crippen LogP contribution < -0.4 is 0 Å². The molecule has 140 valence electrons. The number of alkyl halides is 3. The summed E-state index contributed by atoms with van der Waals surface area (Å²) in [6, 6.07) is 5.81. The number of rotatable bonds is 7. The van der Waals surface area contributed by atoms with Gasteiger partial charge < -0.3 is 4.90 Å². The molecule has 2 aromatic rings. The first-order valence-electron chi connectivity index (χ1n) is 7.77. The number of hydrogen-bond acceptors (Lipinski definition) is 4. The molecule has 0 unspecified atom stereocenters. The van der Waals surface area contributed by atoms with Crippen molar-refractivity contribution in [1.29, 1.82) is 0 Å². The maximum atomic E-state index is 12.6. The van der Waals surface area contributed by atoms with E-state index in [0.29, 0.717) is 5.16 Å². The maximum absolute atomic E-state index is 12.6. The first-order chi connectivity index (χ1) is 12.2. The largest absolute Gasteiger partial charge is 0.406 e. The molecule has 0 aliphatic carbocycles. The van der Waals surface area contributed by atoms with Gasteiger partial charge in [0, 0.05) is 12.2 Å². The fourth-order valence-electron chi connectivity index (χ4n) is 2.22. The molecule has 0 bridgehead atoms. The Bertz CT molecular complexity index is 789. The van der Waals surface area contributed by atoms with Crippen LogP contribution in [-0.4, -0.2) is 50.6 Å². The van der Waals surface area contributed by atoms with Crippen molar-refractivity contribution in [3.8, 4) is 5.69 Å². The zero-order valence-corrected chi connectivity index (χ0v) is 15.3. The molecule has 0 fully saturated rings. The van der Waals surface area contributed by atoms with Crippen LogP contribution in [0, 0.1) is 13.8 Å². The standard InChI is InChI=1S/C17H19F3N4OS/c1-4-7-23(10-17(18,19)20)15(25)9-26-16-22-21-11-24(16)14-6-5-12(2)13(3)8-14/h4-6,8,11H,1,7,9-10H2,2-3H3. The Morgan fingerprint density at radius 3 is 2.69 bits per heavy atom. The highest BCUT2D eigenvalue weighted by atomic mass is 32.2. The molecule has 0 radical (unpaired) electrons. The van der Waals surface area contributed by atoms with Crippen molar-refractivity contribution in [2.45, 2.75) is 25.2 Å². The highest BCUT2D eigenvalue weighted by Gasteiger charge is 2.32. The third-order valence-electron chi connectivity index (χ3n) is 3.68. The predicted molar refractivity (Wildman–Crippen MR) is 94.4 cm³/mol. The summed E-state index contributed by atoms with van der Waals surface area (Å²) in [5.74, 6) is -0.810.